The topological polar surface area (TPSA) is 27.8 Å². The van der Waals surface area contributed by atoms with Crippen LogP contribution in [0.4, 0.5) is 0 Å². The zero-order chi connectivity index (χ0) is 10.3. The van der Waals surface area contributed by atoms with E-state index >= 15 is 0 Å². The first-order valence-electron chi connectivity index (χ1n) is 5.73. The second-order valence-corrected chi connectivity index (χ2v) is 4.23. The summed E-state index contributed by atoms with van der Waals surface area (Å²) in [5, 5.41) is 4.96. The molecule has 15 heavy (non-hydrogen) atoms. The summed E-state index contributed by atoms with van der Waals surface area (Å²) >= 11 is 0. The summed E-state index contributed by atoms with van der Waals surface area (Å²) in [6.45, 7) is 3.34. The highest BCUT2D eigenvalue weighted by atomic mass is 15.0. The molecule has 0 fully saturated rings. The van der Waals surface area contributed by atoms with E-state index in [1.54, 1.807) is 0 Å². The zero-order valence-electron chi connectivity index (χ0n) is 9.01. The predicted octanol–water partition coefficient (Wildman–Crippen LogP) is 2.76. The predicted molar refractivity (Wildman–Crippen MR) is 63.0 cm³/mol. The van der Waals surface area contributed by atoms with E-state index in [-0.39, 0.29) is 0 Å². The molecule has 0 saturated carbocycles. The van der Waals surface area contributed by atoms with E-state index in [9.17, 15) is 0 Å². The fourth-order valence-corrected chi connectivity index (χ4v) is 2.61. The van der Waals surface area contributed by atoms with E-state index < -0.39 is 0 Å². The lowest BCUT2D eigenvalue weighted by Gasteiger charge is -2.22. The third-order valence-electron chi connectivity index (χ3n) is 3.37. The lowest BCUT2D eigenvalue weighted by molar-refractivity contribution is 0.485. The van der Waals surface area contributed by atoms with Crippen LogP contribution in [0.5, 0.6) is 0 Å². The van der Waals surface area contributed by atoms with Gasteiger partial charge in [0.25, 0.3) is 0 Å². The zero-order valence-corrected chi connectivity index (χ0v) is 9.01. The lowest BCUT2D eigenvalue weighted by Crippen LogP contribution is -2.29. The number of para-hydroxylation sites is 1. The van der Waals surface area contributed by atoms with Crippen LogP contribution >= 0.6 is 0 Å². The Labute approximate surface area is 89.7 Å². The second-order valence-electron chi connectivity index (χ2n) is 4.23. The minimum absolute atomic E-state index is 0.515. The van der Waals surface area contributed by atoms with Crippen LogP contribution in [0, 0.1) is 0 Å². The number of hydrogen-bond acceptors (Lipinski definition) is 1. The molecule has 3 rings (SSSR count). The number of aromatic nitrogens is 1. The number of hydrogen-bond donors (Lipinski definition) is 2. The van der Waals surface area contributed by atoms with Crippen LogP contribution in [0.1, 0.15) is 30.6 Å². The monoisotopic (exact) mass is 200 g/mol. The van der Waals surface area contributed by atoms with Crippen molar-refractivity contribution < 1.29 is 0 Å². The van der Waals surface area contributed by atoms with Gasteiger partial charge in [-0.15, -0.1) is 0 Å². The minimum atomic E-state index is 0.515. The van der Waals surface area contributed by atoms with Crippen LogP contribution in [0.25, 0.3) is 10.9 Å². The van der Waals surface area contributed by atoms with E-state index in [1.165, 1.54) is 22.2 Å². The van der Waals surface area contributed by atoms with E-state index in [1.807, 2.05) is 0 Å². The number of rotatable bonds is 1. The number of H-pyrrole nitrogens is 1. The summed E-state index contributed by atoms with van der Waals surface area (Å²) < 4.78 is 0. The van der Waals surface area contributed by atoms with Gasteiger partial charge in [-0.1, -0.05) is 25.1 Å². The van der Waals surface area contributed by atoms with Gasteiger partial charge < -0.3 is 10.3 Å². The highest BCUT2D eigenvalue weighted by Crippen LogP contribution is 2.30. The van der Waals surface area contributed by atoms with Crippen LogP contribution in [-0.2, 0) is 6.42 Å². The maximum absolute atomic E-state index is 3.55. The van der Waals surface area contributed by atoms with Crippen molar-refractivity contribution in [3.63, 3.8) is 0 Å². The van der Waals surface area contributed by atoms with Gasteiger partial charge in [0.1, 0.15) is 0 Å². The molecule has 1 aromatic carbocycles. The summed E-state index contributed by atoms with van der Waals surface area (Å²) in [4.78, 5) is 3.55. The Kier molecular flexibility index (Phi) is 2.03. The van der Waals surface area contributed by atoms with Gasteiger partial charge in [0.05, 0.1) is 0 Å². The molecule has 1 atom stereocenters. The SMILES string of the molecule is CCC1NCCc2c1[nH]c1ccccc21. The Balaban J connectivity index is 2.24. The Morgan fingerprint density at radius 3 is 3.07 bits per heavy atom. The Hall–Kier alpha value is -1.28. The van der Waals surface area contributed by atoms with E-state index in [4.69, 9.17) is 0 Å². The Morgan fingerprint density at radius 1 is 1.33 bits per heavy atom. The highest BCUT2D eigenvalue weighted by molar-refractivity contribution is 5.85. The summed E-state index contributed by atoms with van der Waals surface area (Å²) in [5.41, 5.74) is 4.21. The number of nitrogens with one attached hydrogen (secondary N) is 2. The van der Waals surface area contributed by atoms with Gasteiger partial charge in [0.15, 0.2) is 0 Å². The first-order valence-corrected chi connectivity index (χ1v) is 5.73. The molecule has 1 aliphatic heterocycles. The molecule has 0 aliphatic carbocycles. The molecular weight excluding hydrogens is 184 g/mol. The summed E-state index contributed by atoms with van der Waals surface area (Å²) in [6.07, 6.45) is 2.30. The maximum atomic E-state index is 3.55. The van der Waals surface area contributed by atoms with Crippen molar-refractivity contribution in [1.29, 1.82) is 0 Å². The van der Waals surface area contributed by atoms with Crippen LogP contribution in [0.2, 0.25) is 0 Å². The molecule has 2 N–H and O–H groups in total. The fraction of sp³-hybridized carbons (Fsp3) is 0.385. The van der Waals surface area contributed by atoms with E-state index in [0.29, 0.717) is 6.04 Å². The Bertz CT molecular complexity index is 484. The molecule has 2 aromatic rings. The molecule has 0 radical (unpaired) electrons. The van der Waals surface area contributed by atoms with Crippen molar-refractivity contribution in [2.75, 3.05) is 6.54 Å². The van der Waals surface area contributed by atoms with Gasteiger partial charge in [-0.2, -0.15) is 0 Å². The molecule has 1 aliphatic rings. The van der Waals surface area contributed by atoms with Crippen LogP contribution in [0.3, 0.4) is 0 Å². The van der Waals surface area contributed by atoms with Gasteiger partial charge >= 0.3 is 0 Å². The number of benzene rings is 1. The molecular formula is C13H16N2. The smallest absolute Gasteiger partial charge is 0.0473 e. The van der Waals surface area contributed by atoms with Crippen LogP contribution in [-0.4, -0.2) is 11.5 Å². The summed E-state index contributed by atoms with van der Waals surface area (Å²) in [5.74, 6) is 0. The van der Waals surface area contributed by atoms with Gasteiger partial charge in [0.2, 0.25) is 0 Å². The Morgan fingerprint density at radius 2 is 2.20 bits per heavy atom. The first kappa shape index (κ1) is 8.98. The maximum Gasteiger partial charge on any atom is 0.0473 e. The molecule has 0 spiro atoms. The number of fused-ring (bicyclic) bond motifs is 3. The average Bonchev–Trinajstić information content (AvgIpc) is 2.67. The van der Waals surface area contributed by atoms with Crippen molar-refractivity contribution in [1.82, 2.24) is 10.3 Å². The minimum Gasteiger partial charge on any atom is -0.357 e. The van der Waals surface area contributed by atoms with Gasteiger partial charge in [-0.3, -0.25) is 0 Å². The summed E-state index contributed by atoms with van der Waals surface area (Å²) in [6, 6.07) is 9.13. The van der Waals surface area contributed by atoms with Crippen LogP contribution < -0.4 is 5.32 Å². The quantitative estimate of drug-likeness (QED) is 0.728. The standard InChI is InChI=1S/C13H16N2/c1-2-11-13-10(7-8-14-11)9-5-3-4-6-12(9)15-13/h3-6,11,14-15H,2,7-8H2,1H3. The van der Waals surface area contributed by atoms with Gasteiger partial charge in [-0.25, -0.2) is 0 Å². The average molecular weight is 200 g/mol. The second kappa shape index (κ2) is 3.38. The van der Waals surface area contributed by atoms with E-state index in [2.05, 4.69) is 41.5 Å². The van der Waals surface area contributed by atoms with Crippen molar-refractivity contribution in [3.05, 3.63) is 35.5 Å². The molecule has 1 aromatic heterocycles. The third-order valence-corrected chi connectivity index (χ3v) is 3.37. The molecule has 0 bridgehead atoms. The molecule has 2 nitrogen and oxygen atoms in total. The molecule has 78 valence electrons. The molecule has 0 amide bonds. The third kappa shape index (κ3) is 1.29. The van der Waals surface area contributed by atoms with Crippen LogP contribution in [0.15, 0.2) is 24.3 Å². The van der Waals surface area contributed by atoms with Gasteiger partial charge in [-0.05, 0) is 31.0 Å². The molecule has 0 saturated heterocycles. The van der Waals surface area contributed by atoms with Crippen molar-refractivity contribution in [3.8, 4) is 0 Å². The summed E-state index contributed by atoms with van der Waals surface area (Å²) in [7, 11) is 0. The molecule has 2 heterocycles. The van der Waals surface area contributed by atoms with Crippen molar-refractivity contribution in [2.45, 2.75) is 25.8 Å². The first-order chi connectivity index (χ1) is 7.40. The molecule has 1 unspecified atom stereocenters. The lowest BCUT2D eigenvalue weighted by atomic mass is 9.98. The fourth-order valence-electron chi connectivity index (χ4n) is 2.61. The largest absolute Gasteiger partial charge is 0.357 e. The van der Waals surface area contributed by atoms with E-state index in [0.717, 1.165) is 19.4 Å². The van der Waals surface area contributed by atoms with Crippen molar-refractivity contribution >= 4 is 10.9 Å². The number of aromatic amines is 1. The normalized spacial score (nSPS) is 20.5. The highest BCUT2D eigenvalue weighted by Gasteiger charge is 2.21. The van der Waals surface area contributed by atoms with Crippen molar-refractivity contribution in [2.24, 2.45) is 0 Å². The van der Waals surface area contributed by atoms with Gasteiger partial charge in [0, 0.05) is 22.6 Å². The molecule has 2 heteroatoms.